The second-order valence-electron chi connectivity index (χ2n) is 4.27. The van der Waals surface area contributed by atoms with Crippen LogP contribution in [-0.2, 0) is 9.84 Å². The normalized spacial score (nSPS) is 15.3. The SMILES string of the molecule is CCCC(SC)C(F)S(=O)(=O)c1ccc(C)cc1. The van der Waals surface area contributed by atoms with Gasteiger partial charge in [0.2, 0.25) is 15.3 Å². The van der Waals surface area contributed by atoms with Gasteiger partial charge in [0.15, 0.2) is 0 Å². The van der Waals surface area contributed by atoms with Crippen molar-refractivity contribution in [3.8, 4) is 0 Å². The summed E-state index contributed by atoms with van der Waals surface area (Å²) in [6.07, 6.45) is 3.08. The van der Waals surface area contributed by atoms with E-state index in [-0.39, 0.29) is 4.90 Å². The molecule has 1 rings (SSSR count). The first-order chi connectivity index (χ1) is 8.43. The molecule has 0 N–H and O–H groups in total. The highest BCUT2D eigenvalue weighted by Crippen LogP contribution is 2.28. The summed E-state index contributed by atoms with van der Waals surface area (Å²) in [6.45, 7) is 3.79. The minimum atomic E-state index is -3.88. The molecule has 0 saturated heterocycles. The molecule has 0 saturated carbocycles. The van der Waals surface area contributed by atoms with Crippen LogP contribution in [0.15, 0.2) is 29.2 Å². The van der Waals surface area contributed by atoms with E-state index in [1.165, 1.54) is 23.9 Å². The number of benzene rings is 1. The third-order valence-corrected chi connectivity index (χ3v) is 5.92. The Morgan fingerprint density at radius 3 is 2.28 bits per heavy atom. The van der Waals surface area contributed by atoms with E-state index in [2.05, 4.69) is 0 Å². The average molecular weight is 290 g/mol. The van der Waals surface area contributed by atoms with Gasteiger partial charge in [0.1, 0.15) is 0 Å². The third-order valence-electron chi connectivity index (χ3n) is 2.81. The van der Waals surface area contributed by atoms with Crippen LogP contribution in [0.1, 0.15) is 25.3 Å². The van der Waals surface area contributed by atoms with Crippen molar-refractivity contribution in [2.24, 2.45) is 0 Å². The second kappa shape index (κ2) is 6.57. The highest BCUT2D eigenvalue weighted by Gasteiger charge is 2.33. The lowest BCUT2D eigenvalue weighted by Gasteiger charge is -2.18. The maximum absolute atomic E-state index is 14.2. The summed E-state index contributed by atoms with van der Waals surface area (Å²) in [5.74, 6) is 0. The standard InChI is InChI=1S/C13H19FO2S2/c1-4-5-12(17-3)13(14)18(15,16)11-8-6-10(2)7-9-11/h6-9,12-13H,4-5H2,1-3H3. The zero-order valence-electron chi connectivity index (χ0n) is 10.9. The fourth-order valence-electron chi connectivity index (χ4n) is 1.70. The first-order valence-electron chi connectivity index (χ1n) is 5.91. The molecule has 0 radical (unpaired) electrons. The summed E-state index contributed by atoms with van der Waals surface area (Å²) in [7, 11) is -3.88. The van der Waals surface area contributed by atoms with Gasteiger partial charge < -0.3 is 0 Å². The van der Waals surface area contributed by atoms with E-state index in [9.17, 15) is 12.8 Å². The van der Waals surface area contributed by atoms with Gasteiger partial charge in [-0.3, -0.25) is 0 Å². The Balaban J connectivity index is 3.01. The highest BCUT2D eigenvalue weighted by atomic mass is 32.2. The molecule has 5 heteroatoms. The smallest absolute Gasteiger partial charge is 0.217 e. The van der Waals surface area contributed by atoms with Gasteiger partial charge in [-0.05, 0) is 31.7 Å². The van der Waals surface area contributed by atoms with Gasteiger partial charge in [-0.25, -0.2) is 12.8 Å². The predicted octanol–water partition coefficient (Wildman–Crippen LogP) is 3.60. The van der Waals surface area contributed by atoms with Crippen molar-refractivity contribution in [2.45, 2.75) is 42.3 Å². The molecule has 0 spiro atoms. The molecule has 0 aliphatic rings. The number of thioether (sulfide) groups is 1. The predicted molar refractivity (Wildman–Crippen MR) is 75.5 cm³/mol. The summed E-state index contributed by atoms with van der Waals surface area (Å²) >= 11 is 1.27. The van der Waals surface area contributed by atoms with E-state index in [1.54, 1.807) is 18.4 Å². The van der Waals surface area contributed by atoms with Crippen LogP contribution in [0.25, 0.3) is 0 Å². The van der Waals surface area contributed by atoms with Crippen LogP contribution in [0.5, 0.6) is 0 Å². The number of hydrogen-bond donors (Lipinski definition) is 0. The minimum absolute atomic E-state index is 0.0655. The summed E-state index contributed by atoms with van der Waals surface area (Å²) in [4.78, 5) is 0.0655. The molecule has 2 unspecified atom stereocenters. The summed E-state index contributed by atoms with van der Waals surface area (Å²) in [6, 6.07) is 6.32. The molecule has 2 atom stereocenters. The minimum Gasteiger partial charge on any atom is -0.228 e. The van der Waals surface area contributed by atoms with Crippen molar-refractivity contribution >= 4 is 21.6 Å². The van der Waals surface area contributed by atoms with Crippen molar-refractivity contribution < 1.29 is 12.8 Å². The van der Waals surface area contributed by atoms with E-state index in [0.29, 0.717) is 6.42 Å². The summed E-state index contributed by atoms with van der Waals surface area (Å²) in [5, 5.41) is -0.499. The Bertz CT molecular complexity index is 468. The van der Waals surface area contributed by atoms with Gasteiger partial charge in [0.05, 0.1) is 10.1 Å². The number of alkyl halides is 1. The monoisotopic (exact) mass is 290 g/mol. The zero-order chi connectivity index (χ0) is 13.8. The molecule has 0 heterocycles. The van der Waals surface area contributed by atoms with E-state index >= 15 is 0 Å². The maximum atomic E-state index is 14.2. The van der Waals surface area contributed by atoms with E-state index < -0.39 is 20.6 Å². The molecule has 102 valence electrons. The fourth-order valence-corrected chi connectivity index (χ4v) is 4.47. The van der Waals surface area contributed by atoms with Gasteiger partial charge >= 0.3 is 0 Å². The molecule has 18 heavy (non-hydrogen) atoms. The van der Waals surface area contributed by atoms with E-state index in [0.717, 1.165) is 12.0 Å². The Labute approximate surface area is 113 Å². The molecule has 2 nitrogen and oxygen atoms in total. The molecule has 0 fully saturated rings. The van der Waals surface area contributed by atoms with Crippen molar-refractivity contribution in [2.75, 3.05) is 6.26 Å². The number of sulfone groups is 1. The van der Waals surface area contributed by atoms with Gasteiger partial charge in [-0.2, -0.15) is 11.8 Å². The maximum Gasteiger partial charge on any atom is 0.217 e. The van der Waals surface area contributed by atoms with Crippen molar-refractivity contribution in [1.29, 1.82) is 0 Å². The molecule has 0 aromatic heterocycles. The lowest BCUT2D eigenvalue weighted by Crippen LogP contribution is -2.28. The van der Waals surface area contributed by atoms with Crippen LogP contribution < -0.4 is 0 Å². The summed E-state index contributed by atoms with van der Waals surface area (Å²) < 4.78 is 38.5. The van der Waals surface area contributed by atoms with Gasteiger partial charge in [-0.1, -0.05) is 31.0 Å². The van der Waals surface area contributed by atoms with Crippen LogP contribution >= 0.6 is 11.8 Å². The van der Waals surface area contributed by atoms with Crippen LogP contribution in [0, 0.1) is 6.92 Å². The molecular formula is C13H19FO2S2. The number of hydrogen-bond acceptors (Lipinski definition) is 3. The summed E-state index contributed by atoms with van der Waals surface area (Å²) in [5.41, 5.74) is -0.880. The quantitative estimate of drug-likeness (QED) is 0.803. The lowest BCUT2D eigenvalue weighted by atomic mass is 10.2. The molecule has 0 aliphatic carbocycles. The van der Waals surface area contributed by atoms with Crippen LogP contribution in [-0.4, -0.2) is 25.4 Å². The van der Waals surface area contributed by atoms with E-state index in [1.807, 2.05) is 13.8 Å². The third kappa shape index (κ3) is 3.48. The van der Waals surface area contributed by atoms with Crippen molar-refractivity contribution in [1.82, 2.24) is 0 Å². The van der Waals surface area contributed by atoms with Gasteiger partial charge in [-0.15, -0.1) is 0 Å². The second-order valence-corrected chi connectivity index (χ2v) is 7.36. The van der Waals surface area contributed by atoms with Gasteiger partial charge in [0.25, 0.3) is 0 Å². The van der Waals surface area contributed by atoms with Crippen LogP contribution in [0.4, 0.5) is 4.39 Å². The number of rotatable bonds is 6. The largest absolute Gasteiger partial charge is 0.228 e. The highest BCUT2D eigenvalue weighted by molar-refractivity contribution is 8.00. The van der Waals surface area contributed by atoms with Crippen molar-refractivity contribution in [3.63, 3.8) is 0 Å². The molecule has 0 bridgehead atoms. The molecule has 1 aromatic rings. The Morgan fingerprint density at radius 2 is 1.83 bits per heavy atom. The first kappa shape index (κ1) is 15.5. The Hall–Kier alpha value is -0.550. The number of aryl methyl sites for hydroxylation is 1. The number of halogens is 1. The van der Waals surface area contributed by atoms with E-state index in [4.69, 9.17) is 0 Å². The first-order valence-corrected chi connectivity index (χ1v) is 8.74. The van der Waals surface area contributed by atoms with Crippen LogP contribution in [0.3, 0.4) is 0 Å². The van der Waals surface area contributed by atoms with Gasteiger partial charge in [0, 0.05) is 0 Å². The van der Waals surface area contributed by atoms with Crippen molar-refractivity contribution in [3.05, 3.63) is 29.8 Å². The Morgan fingerprint density at radius 1 is 1.28 bits per heavy atom. The lowest BCUT2D eigenvalue weighted by molar-refractivity contribution is 0.398. The molecule has 0 amide bonds. The fraction of sp³-hybridized carbons (Fsp3) is 0.538. The zero-order valence-corrected chi connectivity index (χ0v) is 12.5. The molecule has 1 aromatic carbocycles. The Kier molecular flexibility index (Phi) is 5.66. The van der Waals surface area contributed by atoms with Crippen LogP contribution in [0.2, 0.25) is 0 Å². The molecular weight excluding hydrogens is 271 g/mol. The topological polar surface area (TPSA) is 34.1 Å². The average Bonchev–Trinajstić information content (AvgIpc) is 2.35. The molecule has 0 aliphatic heterocycles.